The van der Waals surface area contributed by atoms with Gasteiger partial charge in [-0.05, 0) is 38.0 Å². The lowest BCUT2D eigenvalue weighted by Gasteiger charge is -2.09. The van der Waals surface area contributed by atoms with Crippen LogP contribution in [0.5, 0.6) is 0 Å². The Morgan fingerprint density at radius 2 is 1.78 bits per heavy atom. The molecule has 1 heterocycles. The number of carbonyl (C=O) groups excluding carboxylic acids is 1. The van der Waals surface area contributed by atoms with Crippen molar-refractivity contribution in [2.45, 2.75) is 20.8 Å². The summed E-state index contributed by atoms with van der Waals surface area (Å²) in [5, 5.41) is 5.61. The van der Waals surface area contributed by atoms with Crippen LogP contribution < -0.4 is 5.32 Å². The Morgan fingerprint density at radius 3 is 2.52 bits per heavy atom. The average Bonchev–Trinajstić information content (AvgIpc) is 3.02. The highest BCUT2D eigenvalue weighted by molar-refractivity contribution is 7.13. The Hall–Kier alpha value is -2.46. The van der Waals surface area contributed by atoms with Gasteiger partial charge in [0, 0.05) is 16.6 Å². The summed E-state index contributed by atoms with van der Waals surface area (Å²) in [6, 6.07) is 14.0. The number of aryl methyl sites for hydroxylation is 2. The SMILES string of the molecule is Cc1ccc(-c2nc(C(=O)Nc3cccc(C)c3C)cs2)cc1. The van der Waals surface area contributed by atoms with Gasteiger partial charge in [0.2, 0.25) is 0 Å². The quantitative estimate of drug-likeness (QED) is 0.738. The molecule has 0 aliphatic rings. The van der Waals surface area contributed by atoms with E-state index in [-0.39, 0.29) is 5.91 Å². The Labute approximate surface area is 140 Å². The molecule has 1 amide bonds. The van der Waals surface area contributed by atoms with Gasteiger partial charge in [-0.1, -0.05) is 42.0 Å². The summed E-state index contributed by atoms with van der Waals surface area (Å²) >= 11 is 1.48. The first-order valence-corrected chi connectivity index (χ1v) is 8.32. The van der Waals surface area contributed by atoms with Gasteiger partial charge in [-0.25, -0.2) is 4.98 Å². The number of carbonyl (C=O) groups is 1. The van der Waals surface area contributed by atoms with Crippen molar-refractivity contribution in [2.24, 2.45) is 0 Å². The van der Waals surface area contributed by atoms with Crippen molar-refractivity contribution in [3.05, 3.63) is 70.2 Å². The van der Waals surface area contributed by atoms with E-state index in [4.69, 9.17) is 0 Å². The second-order valence-corrected chi connectivity index (χ2v) is 6.46. The second kappa shape index (κ2) is 6.34. The summed E-state index contributed by atoms with van der Waals surface area (Å²) in [5.41, 5.74) is 5.76. The summed E-state index contributed by atoms with van der Waals surface area (Å²) in [4.78, 5) is 16.9. The first-order chi connectivity index (χ1) is 11.0. The number of hydrogen-bond acceptors (Lipinski definition) is 3. The van der Waals surface area contributed by atoms with Crippen LogP contribution in [0.4, 0.5) is 5.69 Å². The van der Waals surface area contributed by atoms with E-state index in [0.29, 0.717) is 5.69 Å². The molecule has 0 saturated carbocycles. The lowest BCUT2D eigenvalue weighted by Crippen LogP contribution is -2.13. The number of aromatic nitrogens is 1. The van der Waals surface area contributed by atoms with Gasteiger partial charge in [0.15, 0.2) is 0 Å². The van der Waals surface area contributed by atoms with Crippen molar-refractivity contribution >= 4 is 22.9 Å². The lowest BCUT2D eigenvalue weighted by atomic mass is 10.1. The van der Waals surface area contributed by atoms with Crippen molar-refractivity contribution in [2.75, 3.05) is 5.32 Å². The van der Waals surface area contributed by atoms with Crippen LogP contribution in [0.25, 0.3) is 10.6 Å². The summed E-state index contributed by atoms with van der Waals surface area (Å²) < 4.78 is 0. The molecule has 0 fully saturated rings. The maximum atomic E-state index is 12.4. The molecule has 0 atom stereocenters. The van der Waals surface area contributed by atoms with Crippen molar-refractivity contribution in [3.8, 4) is 10.6 Å². The molecule has 0 radical (unpaired) electrons. The fraction of sp³-hybridized carbons (Fsp3) is 0.158. The molecule has 0 spiro atoms. The molecular formula is C19H18N2OS. The van der Waals surface area contributed by atoms with Crippen molar-refractivity contribution in [1.29, 1.82) is 0 Å². The van der Waals surface area contributed by atoms with Gasteiger partial charge in [0.05, 0.1) is 0 Å². The minimum Gasteiger partial charge on any atom is -0.320 e. The average molecular weight is 322 g/mol. The van der Waals surface area contributed by atoms with Gasteiger partial charge in [-0.15, -0.1) is 11.3 Å². The van der Waals surface area contributed by atoms with Gasteiger partial charge in [-0.2, -0.15) is 0 Å². The van der Waals surface area contributed by atoms with Crippen LogP contribution in [0, 0.1) is 20.8 Å². The number of anilines is 1. The molecule has 1 N–H and O–H groups in total. The van der Waals surface area contributed by atoms with Crippen LogP contribution in [0.2, 0.25) is 0 Å². The predicted octanol–water partition coefficient (Wildman–Crippen LogP) is 4.99. The third-order valence-electron chi connectivity index (χ3n) is 3.89. The highest BCUT2D eigenvalue weighted by Gasteiger charge is 2.13. The number of thiazole rings is 1. The highest BCUT2D eigenvalue weighted by atomic mass is 32.1. The zero-order valence-electron chi connectivity index (χ0n) is 13.4. The topological polar surface area (TPSA) is 42.0 Å². The smallest absolute Gasteiger partial charge is 0.275 e. The summed E-state index contributed by atoms with van der Waals surface area (Å²) in [5.74, 6) is -0.173. The largest absolute Gasteiger partial charge is 0.320 e. The fourth-order valence-electron chi connectivity index (χ4n) is 2.28. The van der Waals surface area contributed by atoms with Crippen molar-refractivity contribution in [1.82, 2.24) is 4.98 Å². The summed E-state index contributed by atoms with van der Waals surface area (Å²) in [7, 11) is 0. The van der Waals surface area contributed by atoms with Crippen LogP contribution >= 0.6 is 11.3 Å². The lowest BCUT2D eigenvalue weighted by molar-refractivity contribution is 0.102. The highest BCUT2D eigenvalue weighted by Crippen LogP contribution is 2.25. The van der Waals surface area contributed by atoms with Crippen LogP contribution in [0.15, 0.2) is 47.8 Å². The summed E-state index contributed by atoms with van der Waals surface area (Å²) in [6.45, 7) is 6.09. The van der Waals surface area contributed by atoms with E-state index in [0.717, 1.165) is 27.4 Å². The Kier molecular flexibility index (Phi) is 4.26. The Morgan fingerprint density at radius 1 is 1.04 bits per heavy atom. The van der Waals surface area contributed by atoms with E-state index in [1.165, 1.54) is 16.9 Å². The molecule has 4 heteroatoms. The number of hydrogen-bond donors (Lipinski definition) is 1. The molecule has 3 rings (SSSR count). The molecule has 0 aliphatic carbocycles. The van der Waals surface area contributed by atoms with Gasteiger partial charge in [0.25, 0.3) is 5.91 Å². The van der Waals surface area contributed by atoms with E-state index in [1.54, 1.807) is 5.38 Å². The monoisotopic (exact) mass is 322 g/mol. The van der Waals surface area contributed by atoms with E-state index < -0.39 is 0 Å². The number of nitrogens with one attached hydrogen (secondary N) is 1. The van der Waals surface area contributed by atoms with E-state index in [1.807, 2.05) is 56.3 Å². The minimum atomic E-state index is -0.173. The molecule has 116 valence electrons. The van der Waals surface area contributed by atoms with Gasteiger partial charge < -0.3 is 5.32 Å². The zero-order chi connectivity index (χ0) is 16.4. The predicted molar refractivity (Wildman–Crippen MR) is 96.2 cm³/mol. The molecule has 0 unspecified atom stereocenters. The Balaban J connectivity index is 1.81. The first-order valence-electron chi connectivity index (χ1n) is 7.45. The molecular weight excluding hydrogens is 304 g/mol. The van der Waals surface area contributed by atoms with Crippen LogP contribution in [-0.2, 0) is 0 Å². The molecule has 3 aromatic rings. The first kappa shape index (κ1) is 15.4. The van der Waals surface area contributed by atoms with Crippen molar-refractivity contribution in [3.63, 3.8) is 0 Å². The van der Waals surface area contributed by atoms with Crippen LogP contribution in [0.3, 0.4) is 0 Å². The van der Waals surface area contributed by atoms with Crippen molar-refractivity contribution < 1.29 is 4.79 Å². The molecule has 1 aromatic heterocycles. The number of benzene rings is 2. The molecule has 2 aromatic carbocycles. The van der Waals surface area contributed by atoms with Crippen LogP contribution in [0.1, 0.15) is 27.2 Å². The third kappa shape index (κ3) is 3.32. The summed E-state index contributed by atoms with van der Waals surface area (Å²) in [6.07, 6.45) is 0. The fourth-order valence-corrected chi connectivity index (χ4v) is 3.09. The number of amides is 1. The van der Waals surface area contributed by atoms with E-state index in [2.05, 4.69) is 17.2 Å². The number of rotatable bonds is 3. The number of nitrogens with zero attached hydrogens (tertiary/aromatic N) is 1. The zero-order valence-corrected chi connectivity index (χ0v) is 14.2. The standard InChI is InChI=1S/C19H18N2OS/c1-12-7-9-15(10-8-12)19-21-17(11-23-19)18(22)20-16-6-4-5-13(2)14(16)3/h4-11H,1-3H3,(H,20,22). The normalized spacial score (nSPS) is 10.6. The van der Waals surface area contributed by atoms with E-state index >= 15 is 0 Å². The van der Waals surface area contributed by atoms with Gasteiger partial charge in [-0.3, -0.25) is 4.79 Å². The third-order valence-corrected chi connectivity index (χ3v) is 4.78. The van der Waals surface area contributed by atoms with Gasteiger partial charge >= 0.3 is 0 Å². The molecule has 3 nitrogen and oxygen atoms in total. The van der Waals surface area contributed by atoms with Gasteiger partial charge in [0.1, 0.15) is 10.7 Å². The molecule has 0 saturated heterocycles. The second-order valence-electron chi connectivity index (χ2n) is 5.61. The minimum absolute atomic E-state index is 0.173. The van der Waals surface area contributed by atoms with Crippen LogP contribution in [-0.4, -0.2) is 10.9 Å². The maximum Gasteiger partial charge on any atom is 0.275 e. The Bertz CT molecular complexity index is 850. The maximum absolute atomic E-state index is 12.4. The van der Waals surface area contributed by atoms with E-state index in [9.17, 15) is 4.79 Å². The molecule has 23 heavy (non-hydrogen) atoms. The molecule has 0 aliphatic heterocycles. The molecule has 0 bridgehead atoms.